The average molecular weight is 305 g/mol. The third-order valence-corrected chi connectivity index (χ3v) is 6.13. The second-order valence-corrected chi connectivity index (χ2v) is 7.84. The fraction of sp³-hybridized carbons (Fsp3) is 0.400. The van der Waals surface area contributed by atoms with E-state index in [1.165, 1.54) is 0 Å². The Hall–Kier alpha value is -1.82. The topological polar surface area (TPSA) is 64.0 Å². The Morgan fingerprint density at radius 3 is 2.52 bits per heavy atom. The molecule has 2 aromatic rings. The Bertz CT molecular complexity index is 789. The number of benzene rings is 1. The molecule has 0 amide bonds. The van der Waals surface area contributed by atoms with E-state index in [-0.39, 0.29) is 5.25 Å². The van der Waals surface area contributed by atoms with Crippen LogP contribution >= 0.6 is 0 Å². The molecule has 5 nitrogen and oxygen atoms in total. The lowest BCUT2D eigenvalue weighted by Crippen LogP contribution is -2.09. The van der Waals surface area contributed by atoms with Crippen LogP contribution in [0.15, 0.2) is 29.2 Å². The van der Waals surface area contributed by atoms with Crippen LogP contribution in [0.3, 0.4) is 0 Å². The molecule has 0 aliphatic heterocycles. The summed E-state index contributed by atoms with van der Waals surface area (Å²) < 4.78 is 26.6. The third kappa shape index (κ3) is 2.68. The van der Waals surface area contributed by atoms with Crippen molar-refractivity contribution in [3.05, 3.63) is 35.5 Å². The van der Waals surface area contributed by atoms with Gasteiger partial charge in [-0.3, -0.25) is 4.68 Å². The van der Waals surface area contributed by atoms with E-state index < -0.39 is 9.84 Å². The molecule has 1 fully saturated rings. The van der Waals surface area contributed by atoms with Gasteiger partial charge < -0.3 is 5.32 Å². The highest BCUT2D eigenvalue weighted by atomic mass is 32.2. The van der Waals surface area contributed by atoms with Crippen LogP contribution in [0.2, 0.25) is 0 Å². The van der Waals surface area contributed by atoms with Crippen LogP contribution in [0.4, 0.5) is 11.5 Å². The number of aromatic nitrogens is 2. The highest BCUT2D eigenvalue weighted by molar-refractivity contribution is 7.92. The maximum atomic E-state index is 12.4. The van der Waals surface area contributed by atoms with Gasteiger partial charge in [0.15, 0.2) is 9.84 Å². The molecule has 21 heavy (non-hydrogen) atoms. The highest BCUT2D eigenvalue weighted by Crippen LogP contribution is 2.36. The number of nitrogens with one attached hydrogen (secondary N) is 1. The molecule has 1 heterocycles. The first kappa shape index (κ1) is 14.1. The fourth-order valence-electron chi connectivity index (χ4n) is 2.42. The molecule has 0 saturated heterocycles. The Kier molecular flexibility index (Phi) is 3.28. The molecule has 1 aromatic heterocycles. The van der Waals surface area contributed by atoms with Gasteiger partial charge >= 0.3 is 0 Å². The molecule has 1 aromatic carbocycles. The lowest BCUT2D eigenvalue weighted by molar-refractivity contribution is 0.594. The minimum absolute atomic E-state index is 0.189. The number of anilines is 2. The number of sulfone groups is 1. The van der Waals surface area contributed by atoms with Crippen molar-refractivity contribution in [3.63, 3.8) is 0 Å². The van der Waals surface area contributed by atoms with E-state index in [1.807, 2.05) is 39.1 Å². The van der Waals surface area contributed by atoms with Gasteiger partial charge in [-0.25, -0.2) is 8.42 Å². The van der Waals surface area contributed by atoms with Gasteiger partial charge in [-0.1, -0.05) is 6.07 Å². The van der Waals surface area contributed by atoms with Crippen LogP contribution in [0, 0.1) is 13.8 Å². The summed E-state index contributed by atoms with van der Waals surface area (Å²) in [7, 11) is -1.33. The van der Waals surface area contributed by atoms with E-state index in [4.69, 9.17) is 0 Å². The standard InChI is InChI=1S/C15H19N3O2S/c1-10-4-5-12(16-15-8-11(2)17-18(15)3)9-14(10)21(19,20)13-6-7-13/h4-5,8-9,13,16H,6-7H2,1-3H3. The zero-order valence-electron chi connectivity index (χ0n) is 12.4. The van der Waals surface area contributed by atoms with Crippen LogP contribution in [0.1, 0.15) is 24.1 Å². The van der Waals surface area contributed by atoms with Gasteiger partial charge in [-0.15, -0.1) is 0 Å². The monoisotopic (exact) mass is 305 g/mol. The Balaban J connectivity index is 1.96. The van der Waals surface area contributed by atoms with E-state index in [2.05, 4.69) is 10.4 Å². The molecular formula is C15H19N3O2S. The first-order valence-corrected chi connectivity index (χ1v) is 8.55. The van der Waals surface area contributed by atoms with Crippen molar-refractivity contribution in [1.29, 1.82) is 0 Å². The number of hydrogen-bond donors (Lipinski definition) is 1. The van der Waals surface area contributed by atoms with Crippen molar-refractivity contribution < 1.29 is 8.42 Å². The van der Waals surface area contributed by atoms with E-state index >= 15 is 0 Å². The van der Waals surface area contributed by atoms with Crippen molar-refractivity contribution >= 4 is 21.3 Å². The first-order chi connectivity index (χ1) is 9.88. The molecule has 0 bridgehead atoms. The molecule has 0 unspecified atom stereocenters. The molecule has 112 valence electrons. The lowest BCUT2D eigenvalue weighted by atomic mass is 10.2. The lowest BCUT2D eigenvalue weighted by Gasteiger charge is -2.11. The van der Waals surface area contributed by atoms with E-state index in [0.717, 1.165) is 35.6 Å². The molecule has 1 aliphatic rings. The molecule has 1 saturated carbocycles. The summed E-state index contributed by atoms with van der Waals surface area (Å²) in [5.41, 5.74) is 2.48. The van der Waals surface area contributed by atoms with Crippen molar-refractivity contribution in [2.75, 3.05) is 5.32 Å². The van der Waals surface area contributed by atoms with Gasteiger partial charge in [0.05, 0.1) is 15.8 Å². The summed E-state index contributed by atoms with van der Waals surface area (Å²) in [6, 6.07) is 7.39. The van der Waals surface area contributed by atoms with Crippen molar-refractivity contribution in [2.24, 2.45) is 7.05 Å². The van der Waals surface area contributed by atoms with Gasteiger partial charge in [0.2, 0.25) is 0 Å². The van der Waals surface area contributed by atoms with Crippen molar-refractivity contribution in [3.8, 4) is 0 Å². The Morgan fingerprint density at radius 1 is 1.24 bits per heavy atom. The third-order valence-electron chi connectivity index (χ3n) is 3.73. The Morgan fingerprint density at radius 2 is 1.95 bits per heavy atom. The molecule has 6 heteroatoms. The largest absolute Gasteiger partial charge is 0.340 e. The second kappa shape index (κ2) is 4.87. The van der Waals surface area contributed by atoms with Crippen molar-refractivity contribution in [1.82, 2.24) is 9.78 Å². The first-order valence-electron chi connectivity index (χ1n) is 7.00. The zero-order valence-corrected chi connectivity index (χ0v) is 13.2. The van der Waals surface area contributed by atoms with Crippen molar-refractivity contribution in [2.45, 2.75) is 36.8 Å². The van der Waals surface area contributed by atoms with Crippen LogP contribution in [0.5, 0.6) is 0 Å². The number of nitrogens with zero attached hydrogens (tertiary/aromatic N) is 2. The van der Waals surface area contributed by atoms with Crippen LogP contribution in [-0.4, -0.2) is 23.4 Å². The second-order valence-electron chi connectivity index (χ2n) is 5.64. The van der Waals surface area contributed by atoms with Crippen LogP contribution < -0.4 is 5.32 Å². The Labute approximate surface area is 124 Å². The van der Waals surface area contributed by atoms with E-state index in [0.29, 0.717) is 4.90 Å². The summed E-state index contributed by atoms with van der Waals surface area (Å²) in [6.45, 7) is 3.76. The van der Waals surface area contributed by atoms with Gasteiger partial charge in [0.25, 0.3) is 0 Å². The summed E-state index contributed by atoms with van der Waals surface area (Å²) in [5.74, 6) is 0.839. The molecule has 0 radical (unpaired) electrons. The molecule has 0 atom stereocenters. The molecule has 1 aliphatic carbocycles. The maximum absolute atomic E-state index is 12.4. The molecular weight excluding hydrogens is 286 g/mol. The predicted octanol–water partition coefficient (Wildman–Crippen LogP) is 2.72. The van der Waals surface area contributed by atoms with Gasteiger partial charge in [-0.05, 0) is 44.4 Å². The summed E-state index contributed by atoms with van der Waals surface area (Å²) in [5, 5.41) is 7.31. The molecule has 3 rings (SSSR count). The van der Waals surface area contributed by atoms with E-state index in [1.54, 1.807) is 10.7 Å². The molecule has 1 N–H and O–H groups in total. The summed E-state index contributed by atoms with van der Waals surface area (Å²) >= 11 is 0. The van der Waals surface area contributed by atoms with Gasteiger partial charge in [-0.2, -0.15) is 5.10 Å². The fourth-order valence-corrected chi connectivity index (χ4v) is 4.34. The zero-order chi connectivity index (χ0) is 15.2. The minimum atomic E-state index is -3.18. The minimum Gasteiger partial charge on any atom is -0.340 e. The normalized spacial score (nSPS) is 15.2. The van der Waals surface area contributed by atoms with E-state index in [9.17, 15) is 8.42 Å². The summed E-state index contributed by atoms with van der Waals surface area (Å²) in [6.07, 6.45) is 1.56. The number of rotatable bonds is 4. The maximum Gasteiger partial charge on any atom is 0.181 e. The average Bonchev–Trinajstić information content (AvgIpc) is 3.20. The van der Waals surface area contributed by atoms with Crippen LogP contribution in [-0.2, 0) is 16.9 Å². The summed E-state index contributed by atoms with van der Waals surface area (Å²) in [4.78, 5) is 0.439. The smallest absolute Gasteiger partial charge is 0.181 e. The molecule has 0 spiro atoms. The SMILES string of the molecule is Cc1cc(Nc2ccc(C)c(S(=O)(=O)C3CC3)c2)n(C)n1. The highest BCUT2D eigenvalue weighted by Gasteiger charge is 2.37. The number of hydrogen-bond acceptors (Lipinski definition) is 4. The van der Waals surface area contributed by atoms with Crippen LogP contribution in [0.25, 0.3) is 0 Å². The quantitative estimate of drug-likeness (QED) is 0.943. The van der Waals surface area contributed by atoms with Gasteiger partial charge in [0.1, 0.15) is 5.82 Å². The van der Waals surface area contributed by atoms with Gasteiger partial charge in [0, 0.05) is 18.8 Å². The number of aryl methyl sites for hydroxylation is 3. The predicted molar refractivity (Wildman–Crippen MR) is 82.6 cm³/mol.